The number of ketones is 1. The van der Waals surface area contributed by atoms with E-state index in [2.05, 4.69) is 15.9 Å². The number of hydrogen-bond acceptors (Lipinski definition) is 3. The number of carbonyl (C=O) groups is 2. The fraction of sp³-hybridized carbons (Fsp3) is 0.385. The van der Waals surface area contributed by atoms with E-state index in [4.69, 9.17) is 4.74 Å². The molecular weight excluding hydrogens is 284 g/mol. The minimum Gasteiger partial charge on any atom is -0.465 e. The molecule has 0 heterocycles. The van der Waals surface area contributed by atoms with Crippen LogP contribution in [0.4, 0.5) is 0 Å². The second-order valence-corrected chi connectivity index (χ2v) is 5.10. The molecule has 1 aromatic rings. The second kappa shape index (κ2) is 5.45. The molecule has 3 nitrogen and oxygen atoms in total. The lowest BCUT2D eigenvalue weighted by Gasteiger charge is -2.20. The summed E-state index contributed by atoms with van der Waals surface area (Å²) in [7, 11) is 0. The van der Waals surface area contributed by atoms with Gasteiger partial charge in [-0.3, -0.25) is 9.59 Å². The summed E-state index contributed by atoms with van der Waals surface area (Å²) in [5.41, 5.74) is -0.643. The van der Waals surface area contributed by atoms with Gasteiger partial charge in [-0.1, -0.05) is 28.1 Å². The van der Waals surface area contributed by atoms with E-state index < -0.39 is 11.4 Å². The molecule has 0 aliphatic rings. The van der Waals surface area contributed by atoms with Crippen molar-refractivity contribution in [2.24, 2.45) is 5.41 Å². The van der Waals surface area contributed by atoms with Crippen LogP contribution in [0.3, 0.4) is 0 Å². The molecule has 17 heavy (non-hydrogen) atoms. The number of benzene rings is 1. The number of hydrogen-bond donors (Lipinski definition) is 0. The second-order valence-electron chi connectivity index (χ2n) is 4.18. The Morgan fingerprint density at radius 2 is 1.76 bits per heavy atom. The maximum Gasteiger partial charge on any atom is 0.319 e. The van der Waals surface area contributed by atoms with Crippen molar-refractivity contribution < 1.29 is 14.3 Å². The van der Waals surface area contributed by atoms with Crippen molar-refractivity contribution in [1.29, 1.82) is 0 Å². The van der Waals surface area contributed by atoms with Crippen molar-refractivity contribution in [2.45, 2.75) is 20.8 Å². The maximum absolute atomic E-state index is 12.2. The predicted octanol–water partition coefficient (Wildman–Crippen LogP) is 3.22. The molecule has 0 bridgehead atoms. The molecule has 4 heteroatoms. The molecule has 0 saturated carbocycles. The molecule has 0 fully saturated rings. The van der Waals surface area contributed by atoms with Crippen molar-refractivity contribution in [3.05, 3.63) is 34.3 Å². The van der Waals surface area contributed by atoms with Crippen LogP contribution in [0.25, 0.3) is 0 Å². The molecule has 0 aliphatic carbocycles. The van der Waals surface area contributed by atoms with Crippen LogP contribution in [0, 0.1) is 5.41 Å². The van der Waals surface area contributed by atoms with Gasteiger partial charge in [-0.2, -0.15) is 0 Å². The van der Waals surface area contributed by atoms with Crippen LogP contribution in [-0.2, 0) is 9.53 Å². The SMILES string of the molecule is CCOC(=O)C(C)(C)C(=O)c1ccc(Br)cc1. The first-order valence-corrected chi connectivity index (χ1v) is 6.16. The van der Waals surface area contributed by atoms with E-state index in [-0.39, 0.29) is 12.4 Å². The molecule has 0 saturated heterocycles. The summed E-state index contributed by atoms with van der Waals surface area (Å²) in [6.45, 7) is 5.15. The summed E-state index contributed by atoms with van der Waals surface area (Å²) >= 11 is 3.30. The monoisotopic (exact) mass is 298 g/mol. The summed E-state index contributed by atoms with van der Waals surface area (Å²) in [6.07, 6.45) is 0. The van der Waals surface area contributed by atoms with Crippen LogP contribution >= 0.6 is 15.9 Å². The molecule has 92 valence electrons. The standard InChI is InChI=1S/C13H15BrO3/c1-4-17-12(16)13(2,3)11(15)9-5-7-10(14)8-6-9/h5-8H,4H2,1-3H3. The summed E-state index contributed by atoms with van der Waals surface area (Å²) in [5, 5.41) is 0. The Kier molecular flexibility index (Phi) is 4.46. The Bertz CT molecular complexity index is 421. The van der Waals surface area contributed by atoms with Crippen LogP contribution in [0.2, 0.25) is 0 Å². The average Bonchev–Trinajstić information content (AvgIpc) is 2.29. The summed E-state index contributed by atoms with van der Waals surface area (Å²) in [4.78, 5) is 23.9. The van der Waals surface area contributed by atoms with Crippen LogP contribution < -0.4 is 0 Å². The lowest BCUT2D eigenvalue weighted by molar-refractivity contribution is -0.150. The van der Waals surface area contributed by atoms with Gasteiger partial charge in [0.05, 0.1) is 6.61 Å². The van der Waals surface area contributed by atoms with Gasteiger partial charge in [0.25, 0.3) is 0 Å². The number of ether oxygens (including phenoxy) is 1. The molecule has 0 atom stereocenters. The van der Waals surface area contributed by atoms with Crippen LogP contribution in [0.15, 0.2) is 28.7 Å². The van der Waals surface area contributed by atoms with Gasteiger partial charge in [0.15, 0.2) is 5.78 Å². The normalized spacial score (nSPS) is 11.1. The Morgan fingerprint density at radius 1 is 1.24 bits per heavy atom. The summed E-state index contributed by atoms with van der Waals surface area (Å²) < 4.78 is 5.80. The Morgan fingerprint density at radius 3 is 2.24 bits per heavy atom. The molecule has 0 amide bonds. The molecule has 0 aromatic heterocycles. The van der Waals surface area contributed by atoms with E-state index >= 15 is 0 Å². The van der Waals surface area contributed by atoms with Gasteiger partial charge in [0.1, 0.15) is 5.41 Å². The first kappa shape index (κ1) is 13.9. The zero-order chi connectivity index (χ0) is 13.1. The summed E-state index contributed by atoms with van der Waals surface area (Å²) in [5.74, 6) is -0.726. The molecule has 0 aliphatic heterocycles. The van der Waals surface area contributed by atoms with Crippen LogP contribution in [0.5, 0.6) is 0 Å². The largest absolute Gasteiger partial charge is 0.465 e. The highest BCUT2D eigenvalue weighted by molar-refractivity contribution is 9.10. The van der Waals surface area contributed by atoms with Gasteiger partial charge in [-0.25, -0.2) is 0 Å². The zero-order valence-electron chi connectivity index (χ0n) is 10.1. The van der Waals surface area contributed by atoms with E-state index in [0.717, 1.165) is 4.47 Å². The number of carbonyl (C=O) groups excluding carboxylic acids is 2. The van der Waals surface area contributed by atoms with Gasteiger partial charge in [0, 0.05) is 10.0 Å². The molecular formula is C13H15BrO3. The minimum absolute atomic E-state index is 0.233. The first-order chi connectivity index (χ1) is 7.89. The van der Waals surface area contributed by atoms with Crippen molar-refractivity contribution in [3.63, 3.8) is 0 Å². The van der Waals surface area contributed by atoms with E-state index in [1.54, 1.807) is 45.0 Å². The molecule has 1 aromatic carbocycles. The first-order valence-electron chi connectivity index (χ1n) is 5.37. The number of rotatable bonds is 4. The smallest absolute Gasteiger partial charge is 0.319 e. The highest BCUT2D eigenvalue weighted by Crippen LogP contribution is 2.24. The molecule has 1 rings (SSSR count). The summed E-state index contributed by atoms with van der Waals surface area (Å²) in [6, 6.07) is 6.92. The third kappa shape index (κ3) is 3.16. The molecule has 0 radical (unpaired) electrons. The number of esters is 1. The quantitative estimate of drug-likeness (QED) is 0.487. The topological polar surface area (TPSA) is 43.4 Å². The predicted molar refractivity (Wildman–Crippen MR) is 68.9 cm³/mol. The minimum atomic E-state index is -1.15. The average molecular weight is 299 g/mol. The Balaban J connectivity index is 2.95. The lowest BCUT2D eigenvalue weighted by atomic mass is 9.84. The fourth-order valence-electron chi connectivity index (χ4n) is 1.37. The number of Topliss-reactive ketones (excluding diaryl/α,β-unsaturated/α-hetero) is 1. The Labute approximate surface area is 109 Å². The van der Waals surface area contributed by atoms with Crippen molar-refractivity contribution in [2.75, 3.05) is 6.61 Å². The van der Waals surface area contributed by atoms with E-state index in [9.17, 15) is 9.59 Å². The van der Waals surface area contributed by atoms with Crippen molar-refractivity contribution in [3.8, 4) is 0 Å². The van der Waals surface area contributed by atoms with Gasteiger partial charge in [-0.15, -0.1) is 0 Å². The van der Waals surface area contributed by atoms with E-state index in [0.29, 0.717) is 5.56 Å². The molecule has 0 spiro atoms. The van der Waals surface area contributed by atoms with Gasteiger partial charge in [-0.05, 0) is 32.9 Å². The lowest BCUT2D eigenvalue weighted by Crippen LogP contribution is -2.35. The fourth-order valence-corrected chi connectivity index (χ4v) is 1.63. The Hall–Kier alpha value is -1.16. The van der Waals surface area contributed by atoms with Crippen LogP contribution in [-0.4, -0.2) is 18.4 Å². The van der Waals surface area contributed by atoms with Crippen LogP contribution in [0.1, 0.15) is 31.1 Å². The highest BCUT2D eigenvalue weighted by atomic mass is 79.9. The van der Waals surface area contributed by atoms with E-state index in [1.165, 1.54) is 0 Å². The highest BCUT2D eigenvalue weighted by Gasteiger charge is 2.37. The van der Waals surface area contributed by atoms with Gasteiger partial charge < -0.3 is 4.74 Å². The zero-order valence-corrected chi connectivity index (χ0v) is 11.7. The van der Waals surface area contributed by atoms with Crippen molar-refractivity contribution >= 4 is 27.7 Å². The molecule has 0 N–H and O–H groups in total. The van der Waals surface area contributed by atoms with Crippen molar-refractivity contribution in [1.82, 2.24) is 0 Å². The third-order valence-electron chi connectivity index (χ3n) is 2.46. The van der Waals surface area contributed by atoms with Gasteiger partial charge in [0.2, 0.25) is 0 Å². The van der Waals surface area contributed by atoms with E-state index in [1.807, 2.05) is 0 Å². The third-order valence-corrected chi connectivity index (χ3v) is 2.99. The maximum atomic E-state index is 12.2. The number of halogens is 1. The van der Waals surface area contributed by atoms with Gasteiger partial charge >= 0.3 is 5.97 Å². The molecule has 0 unspecified atom stereocenters.